The Hall–Kier alpha value is -1.03. The fourth-order valence-electron chi connectivity index (χ4n) is 2.94. The van der Waals surface area contributed by atoms with Crippen molar-refractivity contribution >= 4 is 0 Å². The van der Waals surface area contributed by atoms with Crippen LogP contribution >= 0.6 is 0 Å². The Morgan fingerprint density at radius 1 is 1.35 bits per heavy atom. The van der Waals surface area contributed by atoms with Crippen LogP contribution in [0.2, 0.25) is 0 Å². The molecule has 0 heterocycles. The summed E-state index contributed by atoms with van der Waals surface area (Å²) in [7, 11) is 0. The molecular formula is C16H22F3N. The van der Waals surface area contributed by atoms with E-state index in [0.29, 0.717) is 17.8 Å². The first-order chi connectivity index (χ1) is 9.24. The Kier molecular flexibility index (Phi) is 4.14. The number of nitrogens with one attached hydrogen (secondary N) is 1. The zero-order valence-electron chi connectivity index (χ0n) is 12.2. The number of hydrogen-bond donors (Lipinski definition) is 1. The van der Waals surface area contributed by atoms with Gasteiger partial charge in [0.2, 0.25) is 0 Å². The summed E-state index contributed by atoms with van der Waals surface area (Å²) in [6.45, 7) is 7.31. The minimum Gasteiger partial charge on any atom is -0.314 e. The van der Waals surface area contributed by atoms with E-state index < -0.39 is 11.7 Å². The van der Waals surface area contributed by atoms with Crippen molar-refractivity contribution in [2.45, 2.75) is 45.8 Å². The summed E-state index contributed by atoms with van der Waals surface area (Å²) in [5.74, 6) is 0.553. The minimum absolute atomic E-state index is 0.262. The summed E-state index contributed by atoms with van der Waals surface area (Å²) in [6.07, 6.45) is -2.46. The maximum absolute atomic E-state index is 12.7. The van der Waals surface area contributed by atoms with Crippen LogP contribution in [-0.4, -0.2) is 12.6 Å². The Labute approximate surface area is 118 Å². The lowest BCUT2D eigenvalue weighted by molar-refractivity contribution is -0.137. The molecule has 1 saturated carbocycles. The summed E-state index contributed by atoms with van der Waals surface area (Å²) in [5, 5.41) is 3.43. The van der Waals surface area contributed by atoms with Crippen LogP contribution < -0.4 is 5.32 Å². The fourth-order valence-corrected chi connectivity index (χ4v) is 2.94. The maximum Gasteiger partial charge on any atom is 0.416 e. The lowest BCUT2D eigenvalue weighted by Gasteiger charge is -2.20. The lowest BCUT2D eigenvalue weighted by Crippen LogP contribution is -2.34. The number of benzene rings is 1. The molecule has 0 spiro atoms. The van der Waals surface area contributed by atoms with Gasteiger partial charge in [-0.25, -0.2) is 0 Å². The molecular weight excluding hydrogens is 263 g/mol. The molecule has 1 nitrogen and oxygen atoms in total. The Balaban J connectivity index is 2.11. The molecule has 0 saturated heterocycles. The highest BCUT2D eigenvalue weighted by atomic mass is 19.4. The van der Waals surface area contributed by atoms with Gasteiger partial charge in [-0.1, -0.05) is 39.0 Å². The van der Waals surface area contributed by atoms with Crippen LogP contribution in [0.5, 0.6) is 0 Å². The highest BCUT2D eigenvalue weighted by molar-refractivity contribution is 5.27. The topological polar surface area (TPSA) is 12.0 Å². The average Bonchev–Trinajstić information content (AvgIpc) is 2.97. The average molecular weight is 285 g/mol. The quantitative estimate of drug-likeness (QED) is 0.852. The third-order valence-corrected chi connectivity index (χ3v) is 4.25. The van der Waals surface area contributed by atoms with Crippen molar-refractivity contribution in [3.05, 3.63) is 35.4 Å². The van der Waals surface area contributed by atoms with Gasteiger partial charge in [-0.05, 0) is 42.3 Å². The summed E-state index contributed by atoms with van der Waals surface area (Å²) in [6, 6.07) is 5.96. The second-order valence-electron chi connectivity index (χ2n) is 6.37. The van der Waals surface area contributed by atoms with Gasteiger partial charge >= 0.3 is 6.18 Å². The molecule has 0 aromatic heterocycles. The van der Waals surface area contributed by atoms with Crippen molar-refractivity contribution < 1.29 is 13.2 Å². The molecule has 0 bridgehead atoms. The van der Waals surface area contributed by atoms with Crippen molar-refractivity contribution in [3.63, 3.8) is 0 Å². The van der Waals surface area contributed by atoms with Crippen molar-refractivity contribution in [1.29, 1.82) is 0 Å². The first-order valence-electron chi connectivity index (χ1n) is 7.13. The van der Waals surface area contributed by atoms with E-state index in [-0.39, 0.29) is 6.04 Å². The van der Waals surface area contributed by atoms with E-state index in [0.717, 1.165) is 24.6 Å². The van der Waals surface area contributed by atoms with Gasteiger partial charge in [-0.15, -0.1) is 0 Å². The number of likely N-dealkylation sites (N-methyl/N-ethyl adjacent to an activating group) is 1. The van der Waals surface area contributed by atoms with Gasteiger partial charge in [0.1, 0.15) is 0 Å². The SMILES string of the molecule is CCNC(Cc1cccc(C(F)(F)F)c1)C1CC1(C)C. The molecule has 0 radical (unpaired) electrons. The Morgan fingerprint density at radius 3 is 2.50 bits per heavy atom. The van der Waals surface area contributed by atoms with Crippen LogP contribution in [-0.2, 0) is 12.6 Å². The molecule has 1 fully saturated rings. The van der Waals surface area contributed by atoms with Gasteiger partial charge in [0.25, 0.3) is 0 Å². The van der Waals surface area contributed by atoms with Crippen LogP contribution in [0.3, 0.4) is 0 Å². The Bertz CT molecular complexity index is 465. The largest absolute Gasteiger partial charge is 0.416 e. The van der Waals surface area contributed by atoms with Crippen LogP contribution in [0.15, 0.2) is 24.3 Å². The second kappa shape index (κ2) is 5.40. The normalized spacial score (nSPS) is 22.6. The Morgan fingerprint density at radius 2 is 2.00 bits per heavy atom. The van der Waals surface area contributed by atoms with E-state index in [2.05, 4.69) is 19.2 Å². The van der Waals surface area contributed by atoms with Crippen LogP contribution in [0, 0.1) is 11.3 Å². The highest BCUT2D eigenvalue weighted by Gasteiger charge is 2.49. The first kappa shape index (κ1) is 15.4. The second-order valence-corrected chi connectivity index (χ2v) is 6.37. The van der Waals surface area contributed by atoms with E-state index in [1.807, 2.05) is 6.92 Å². The number of hydrogen-bond acceptors (Lipinski definition) is 1. The smallest absolute Gasteiger partial charge is 0.314 e. The van der Waals surface area contributed by atoms with E-state index in [1.54, 1.807) is 6.07 Å². The zero-order valence-corrected chi connectivity index (χ0v) is 12.2. The van der Waals surface area contributed by atoms with Crippen molar-refractivity contribution in [3.8, 4) is 0 Å². The van der Waals surface area contributed by atoms with Crippen LogP contribution in [0.1, 0.15) is 38.3 Å². The van der Waals surface area contributed by atoms with Gasteiger partial charge < -0.3 is 5.32 Å². The molecule has 1 aliphatic rings. The predicted molar refractivity (Wildman–Crippen MR) is 74.5 cm³/mol. The van der Waals surface area contributed by atoms with Gasteiger partial charge in [0, 0.05) is 6.04 Å². The maximum atomic E-state index is 12.7. The molecule has 2 rings (SSSR count). The van der Waals surface area contributed by atoms with Crippen LogP contribution in [0.4, 0.5) is 13.2 Å². The molecule has 0 aliphatic heterocycles. The first-order valence-corrected chi connectivity index (χ1v) is 7.13. The minimum atomic E-state index is -4.26. The van der Waals surface area contributed by atoms with Gasteiger partial charge in [-0.3, -0.25) is 0 Å². The third-order valence-electron chi connectivity index (χ3n) is 4.25. The monoisotopic (exact) mass is 285 g/mol. The third kappa shape index (κ3) is 3.54. The van der Waals surface area contributed by atoms with E-state index in [1.165, 1.54) is 12.1 Å². The van der Waals surface area contributed by atoms with Gasteiger partial charge in [0.05, 0.1) is 5.56 Å². The van der Waals surface area contributed by atoms with Crippen molar-refractivity contribution in [2.24, 2.45) is 11.3 Å². The van der Waals surface area contributed by atoms with Crippen molar-refractivity contribution in [1.82, 2.24) is 5.32 Å². The molecule has 1 aromatic carbocycles. The van der Waals surface area contributed by atoms with Gasteiger partial charge in [-0.2, -0.15) is 13.2 Å². The zero-order chi connectivity index (χ0) is 15.0. The molecule has 2 unspecified atom stereocenters. The fraction of sp³-hybridized carbons (Fsp3) is 0.625. The molecule has 1 N–H and O–H groups in total. The molecule has 4 heteroatoms. The number of alkyl halides is 3. The molecule has 0 amide bonds. The summed E-state index contributed by atoms with van der Waals surface area (Å²) in [5.41, 5.74) is 0.517. The highest BCUT2D eigenvalue weighted by Crippen LogP contribution is 2.54. The standard InChI is InChI=1S/C16H22F3N/c1-4-20-14(13-10-15(13,2)3)9-11-6-5-7-12(8-11)16(17,18)19/h5-8,13-14,20H,4,9-10H2,1-3H3. The molecule has 1 aromatic rings. The molecule has 1 aliphatic carbocycles. The molecule has 20 heavy (non-hydrogen) atoms. The molecule has 2 atom stereocenters. The van der Waals surface area contributed by atoms with Crippen LogP contribution in [0.25, 0.3) is 0 Å². The van der Waals surface area contributed by atoms with Gasteiger partial charge in [0.15, 0.2) is 0 Å². The summed E-state index contributed by atoms with van der Waals surface area (Å²) < 4.78 is 38.2. The van der Waals surface area contributed by atoms with Crippen molar-refractivity contribution in [2.75, 3.05) is 6.54 Å². The summed E-state index contributed by atoms with van der Waals surface area (Å²) in [4.78, 5) is 0. The number of halogens is 3. The predicted octanol–water partition coefficient (Wildman–Crippen LogP) is 4.27. The molecule has 112 valence electrons. The van der Waals surface area contributed by atoms with E-state index >= 15 is 0 Å². The van der Waals surface area contributed by atoms with E-state index in [9.17, 15) is 13.2 Å². The number of rotatable bonds is 5. The summed E-state index contributed by atoms with van der Waals surface area (Å²) >= 11 is 0. The lowest BCUT2D eigenvalue weighted by atomic mass is 9.96. The van der Waals surface area contributed by atoms with E-state index in [4.69, 9.17) is 0 Å².